The van der Waals surface area contributed by atoms with E-state index in [9.17, 15) is 9.59 Å². The predicted molar refractivity (Wildman–Crippen MR) is 129 cm³/mol. The van der Waals surface area contributed by atoms with Crippen molar-refractivity contribution in [3.05, 3.63) is 70.0 Å². The number of hydrogen-bond acceptors (Lipinski definition) is 7. The number of benzene rings is 2. The molecule has 2 aromatic heterocycles. The van der Waals surface area contributed by atoms with E-state index in [0.29, 0.717) is 44.9 Å². The predicted octanol–water partition coefficient (Wildman–Crippen LogP) is 4.52. The van der Waals surface area contributed by atoms with Gasteiger partial charge in [-0.15, -0.1) is 11.3 Å². The first-order valence-corrected chi connectivity index (χ1v) is 11.9. The van der Waals surface area contributed by atoms with E-state index in [4.69, 9.17) is 9.72 Å². The number of ether oxygens (including phenoxy) is 1. The molecule has 0 aliphatic heterocycles. The Hall–Kier alpha value is -3.17. The van der Waals surface area contributed by atoms with E-state index in [2.05, 4.69) is 4.98 Å². The van der Waals surface area contributed by atoms with Crippen LogP contribution in [-0.4, -0.2) is 34.1 Å². The van der Waals surface area contributed by atoms with Crippen LogP contribution in [0, 0.1) is 0 Å². The molecule has 0 fully saturated rings. The highest BCUT2D eigenvalue weighted by Gasteiger charge is 2.16. The molecule has 32 heavy (non-hydrogen) atoms. The minimum atomic E-state index is -0.140. The number of fused-ring (bicyclic) bond motifs is 1. The Bertz CT molecular complexity index is 1330. The Morgan fingerprint density at radius 3 is 2.75 bits per heavy atom. The molecular formula is C23H22N4O3S2. The maximum Gasteiger partial charge on any atom is 0.266 e. The number of rotatable bonds is 7. The van der Waals surface area contributed by atoms with E-state index in [0.717, 1.165) is 5.69 Å². The van der Waals surface area contributed by atoms with Crippen LogP contribution in [0.25, 0.3) is 16.6 Å². The van der Waals surface area contributed by atoms with Crippen molar-refractivity contribution in [2.75, 3.05) is 18.6 Å². The van der Waals surface area contributed by atoms with Gasteiger partial charge in [-0.25, -0.2) is 9.97 Å². The molecule has 0 unspecified atom stereocenters. The molecule has 0 bridgehead atoms. The number of anilines is 1. The van der Waals surface area contributed by atoms with Crippen molar-refractivity contribution >= 4 is 45.0 Å². The van der Waals surface area contributed by atoms with E-state index < -0.39 is 0 Å². The van der Waals surface area contributed by atoms with Gasteiger partial charge in [-0.05, 0) is 31.2 Å². The molecule has 0 aliphatic rings. The van der Waals surface area contributed by atoms with Gasteiger partial charge in [0.05, 0.1) is 29.4 Å². The number of hydrogen-bond donors (Lipinski definition) is 0. The molecule has 164 valence electrons. The van der Waals surface area contributed by atoms with Gasteiger partial charge in [0.15, 0.2) is 10.3 Å². The first kappa shape index (κ1) is 22.0. The molecule has 4 aromatic rings. The molecule has 1 amide bonds. The number of thiazole rings is 1. The fraction of sp³-hybridized carbons (Fsp3) is 0.217. The second-order valence-corrected chi connectivity index (χ2v) is 8.71. The van der Waals surface area contributed by atoms with Crippen LogP contribution in [0.5, 0.6) is 5.75 Å². The maximum absolute atomic E-state index is 13.4. The van der Waals surface area contributed by atoms with E-state index in [-0.39, 0.29) is 11.5 Å². The average molecular weight is 467 g/mol. The summed E-state index contributed by atoms with van der Waals surface area (Å²) in [7, 11) is 1.59. The quantitative estimate of drug-likeness (QED) is 0.294. The molecule has 0 saturated heterocycles. The van der Waals surface area contributed by atoms with Crippen molar-refractivity contribution in [3.8, 4) is 11.4 Å². The zero-order chi connectivity index (χ0) is 22.7. The highest BCUT2D eigenvalue weighted by atomic mass is 32.2. The molecule has 2 heterocycles. The molecule has 2 aromatic carbocycles. The Balaban J connectivity index is 1.73. The van der Waals surface area contributed by atoms with Crippen LogP contribution in [0.1, 0.15) is 19.5 Å². The lowest BCUT2D eigenvalue weighted by molar-refractivity contribution is -0.116. The summed E-state index contributed by atoms with van der Waals surface area (Å²) in [5.41, 5.74) is 2.02. The molecule has 9 heteroatoms. The van der Waals surface area contributed by atoms with Crippen LogP contribution in [0.15, 0.2) is 63.9 Å². The monoisotopic (exact) mass is 466 g/mol. The van der Waals surface area contributed by atoms with Crippen molar-refractivity contribution < 1.29 is 9.53 Å². The highest BCUT2D eigenvalue weighted by Crippen LogP contribution is 2.28. The molecule has 4 rings (SSSR count). The second kappa shape index (κ2) is 9.54. The van der Waals surface area contributed by atoms with Crippen LogP contribution in [0.4, 0.5) is 5.13 Å². The van der Waals surface area contributed by atoms with Gasteiger partial charge in [0.1, 0.15) is 5.75 Å². The highest BCUT2D eigenvalue weighted by molar-refractivity contribution is 7.98. The third kappa shape index (κ3) is 4.39. The fourth-order valence-electron chi connectivity index (χ4n) is 3.30. The lowest BCUT2D eigenvalue weighted by Gasteiger charge is -2.14. The van der Waals surface area contributed by atoms with Crippen molar-refractivity contribution in [2.24, 2.45) is 0 Å². The SMILES string of the molecule is CCN(C(C)=O)c1nc(CSc2nc3ccccc3c(=O)n2-c2cccc(OC)c2)cs1. The molecule has 0 radical (unpaired) electrons. The summed E-state index contributed by atoms with van der Waals surface area (Å²) < 4.78 is 6.95. The number of carbonyl (C=O) groups is 1. The van der Waals surface area contributed by atoms with E-state index in [1.54, 1.807) is 22.6 Å². The zero-order valence-corrected chi connectivity index (χ0v) is 19.6. The summed E-state index contributed by atoms with van der Waals surface area (Å²) in [6.45, 7) is 4.02. The third-order valence-corrected chi connectivity index (χ3v) is 6.76. The Morgan fingerprint density at radius 2 is 2.00 bits per heavy atom. The summed E-state index contributed by atoms with van der Waals surface area (Å²) in [6.07, 6.45) is 0. The van der Waals surface area contributed by atoms with Crippen molar-refractivity contribution in [3.63, 3.8) is 0 Å². The van der Waals surface area contributed by atoms with Gasteiger partial charge in [-0.2, -0.15) is 0 Å². The number of aromatic nitrogens is 3. The number of methoxy groups -OCH3 is 1. The van der Waals surface area contributed by atoms with Crippen molar-refractivity contribution in [1.29, 1.82) is 0 Å². The van der Waals surface area contributed by atoms with E-state index in [1.165, 1.54) is 30.0 Å². The number of nitrogens with zero attached hydrogens (tertiary/aromatic N) is 4. The first-order chi connectivity index (χ1) is 15.5. The number of amides is 1. The molecule has 0 N–H and O–H groups in total. The second-order valence-electron chi connectivity index (χ2n) is 6.93. The van der Waals surface area contributed by atoms with Gasteiger partial charge < -0.3 is 4.74 Å². The number of thioether (sulfide) groups is 1. The summed E-state index contributed by atoms with van der Waals surface area (Å²) in [4.78, 5) is 36.2. The largest absolute Gasteiger partial charge is 0.497 e. The lowest BCUT2D eigenvalue weighted by atomic mass is 10.2. The van der Waals surface area contributed by atoms with Gasteiger partial charge in [0, 0.05) is 30.7 Å². The first-order valence-electron chi connectivity index (χ1n) is 10.0. The molecule has 0 aliphatic carbocycles. The van der Waals surface area contributed by atoms with Crippen LogP contribution < -0.4 is 15.2 Å². The van der Waals surface area contributed by atoms with Gasteiger partial charge in [0.2, 0.25) is 5.91 Å². The van der Waals surface area contributed by atoms with Crippen molar-refractivity contribution in [1.82, 2.24) is 14.5 Å². The topological polar surface area (TPSA) is 77.3 Å². The number of para-hydroxylation sites is 1. The minimum absolute atomic E-state index is 0.0379. The van der Waals surface area contributed by atoms with Crippen LogP contribution in [0.2, 0.25) is 0 Å². The average Bonchev–Trinajstić information content (AvgIpc) is 3.26. The zero-order valence-electron chi connectivity index (χ0n) is 17.9. The standard InChI is InChI=1S/C23H22N4O3S2/c1-4-26(15(2)28)22-24-16(13-31-22)14-32-23-25-20-11-6-5-10-19(20)21(29)27(23)17-8-7-9-18(12-17)30-3/h5-13H,4,14H2,1-3H3. The van der Waals surface area contributed by atoms with Gasteiger partial charge in [-0.1, -0.05) is 30.0 Å². The van der Waals surface area contributed by atoms with Crippen molar-refractivity contribution in [2.45, 2.75) is 24.8 Å². The molecule has 0 saturated carbocycles. The fourth-order valence-corrected chi connectivity index (χ4v) is 5.25. The summed E-state index contributed by atoms with van der Waals surface area (Å²) in [6, 6.07) is 14.7. The summed E-state index contributed by atoms with van der Waals surface area (Å²) in [5.74, 6) is 1.14. The molecular weight excluding hydrogens is 444 g/mol. The smallest absolute Gasteiger partial charge is 0.266 e. The molecule has 0 spiro atoms. The normalized spacial score (nSPS) is 11.0. The summed E-state index contributed by atoms with van der Waals surface area (Å²) in [5, 5.41) is 3.72. The summed E-state index contributed by atoms with van der Waals surface area (Å²) >= 11 is 2.86. The Kier molecular flexibility index (Phi) is 6.57. The molecule has 7 nitrogen and oxygen atoms in total. The van der Waals surface area contributed by atoms with Gasteiger partial charge >= 0.3 is 0 Å². The Morgan fingerprint density at radius 1 is 1.19 bits per heavy atom. The minimum Gasteiger partial charge on any atom is -0.497 e. The van der Waals surface area contributed by atoms with Gasteiger partial charge in [0.25, 0.3) is 5.56 Å². The Labute approximate surface area is 193 Å². The van der Waals surface area contributed by atoms with Gasteiger partial charge in [-0.3, -0.25) is 19.1 Å². The number of carbonyl (C=O) groups excluding carboxylic acids is 1. The maximum atomic E-state index is 13.4. The lowest BCUT2D eigenvalue weighted by Crippen LogP contribution is -2.27. The van der Waals surface area contributed by atoms with Crippen LogP contribution in [0.3, 0.4) is 0 Å². The van der Waals surface area contributed by atoms with Crippen LogP contribution >= 0.6 is 23.1 Å². The third-order valence-electron chi connectivity index (χ3n) is 4.87. The van der Waals surface area contributed by atoms with E-state index >= 15 is 0 Å². The molecule has 0 atom stereocenters. The van der Waals surface area contributed by atoms with Crippen LogP contribution in [-0.2, 0) is 10.5 Å². The van der Waals surface area contributed by atoms with E-state index in [1.807, 2.05) is 54.8 Å².